The van der Waals surface area contributed by atoms with Crippen LogP contribution in [0.3, 0.4) is 0 Å². The van der Waals surface area contributed by atoms with Gasteiger partial charge in [0, 0.05) is 0 Å². The standard InChI is InChI=1S/C13H10FNO5S/c14-10-7-8(21(15,18)19)5-6-12(10)20-11-4-2-1-3-9(11)13(16)17/h1-7H,(H,16,17)(H2,15,18,19). The molecule has 0 aliphatic carbocycles. The number of carbonyl (C=O) groups is 1. The molecule has 0 saturated carbocycles. The quantitative estimate of drug-likeness (QED) is 0.897. The summed E-state index contributed by atoms with van der Waals surface area (Å²) >= 11 is 0. The Balaban J connectivity index is 2.40. The Kier molecular flexibility index (Phi) is 3.92. The van der Waals surface area contributed by atoms with Gasteiger partial charge in [-0.3, -0.25) is 0 Å². The highest BCUT2D eigenvalue weighted by Crippen LogP contribution is 2.28. The average molecular weight is 311 g/mol. The lowest BCUT2D eigenvalue weighted by Gasteiger charge is -2.10. The van der Waals surface area contributed by atoms with Crippen LogP contribution in [0, 0.1) is 5.82 Å². The number of hydrogen-bond acceptors (Lipinski definition) is 4. The monoisotopic (exact) mass is 311 g/mol. The van der Waals surface area contributed by atoms with Crippen molar-refractivity contribution < 1.29 is 27.4 Å². The molecule has 0 heterocycles. The number of benzene rings is 2. The first-order valence-electron chi connectivity index (χ1n) is 5.61. The number of halogens is 1. The maximum absolute atomic E-state index is 13.8. The molecule has 0 amide bonds. The fourth-order valence-corrected chi connectivity index (χ4v) is 2.12. The van der Waals surface area contributed by atoms with Gasteiger partial charge in [0.25, 0.3) is 0 Å². The van der Waals surface area contributed by atoms with E-state index in [4.69, 9.17) is 15.0 Å². The molecule has 8 heteroatoms. The van der Waals surface area contributed by atoms with Crippen molar-refractivity contribution in [3.8, 4) is 11.5 Å². The van der Waals surface area contributed by atoms with Crippen molar-refractivity contribution in [2.24, 2.45) is 5.14 Å². The van der Waals surface area contributed by atoms with E-state index in [1.807, 2.05) is 0 Å². The molecule has 110 valence electrons. The summed E-state index contributed by atoms with van der Waals surface area (Å²) in [5, 5.41) is 13.9. The number of aromatic carboxylic acids is 1. The highest BCUT2D eigenvalue weighted by molar-refractivity contribution is 7.89. The second-order valence-corrected chi connectivity index (χ2v) is 5.60. The van der Waals surface area contributed by atoms with Gasteiger partial charge < -0.3 is 9.84 Å². The Labute approximate surface area is 119 Å². The normalized spacial score (nSPS) is 11.1. The molecule has 0 aliphatic rings. The zero-order valence-electron chi connectivity index (χ0n) is 10.5. The average Bonchev–Trinajstić information content (AvgIpc) is 2.40. The number of nitrogens with two attached hydrogens (primary N) is 1. The number of carboxylic acids is 1. The van der Waals surface area contributed by atoms with Gasteiger partial charge in [0.15, 0.2) is 11.6 Å². The summed E-state index contributed by atoms with van der Waals surface area (Å²) in [5.41, 5.74) is -0.146. The minimum absolute atomic E-state index is 0.0627. The van der Waals surface area contributed by atoms with Crippen LogP contribution in [0.15, 0.2) is 47.4 Å². The van der Waals surface area contributed by atoms with Crippen LogP contribution in [0.4, 0.5) is 4.39 Å². The largest absolute Gasteiger partial charge is 0.478 e. The predicted octanol–water partition coefficient (Wildman–Crippen LogP) is 1.96. The van der Waals surface area contributed by atoms with Gasteiger partial charge in [-0.2, -0.15) is 0 Å². The number of rotatable bonds is 4. The van der Waals surface area contributed by atoms with Gasteiger partial charge in [0.2, 0.25) is 10.0 Å². The van der Waals surface area contributed by atoms with Crippen molar-refractivity contribution in [2.45, 2.75) is 4.90 Å². The Bertz CT molecular complexity index is 804. The predicted molar refractivity (Wildman–Crippen MR) is 71.2 cm³/mol. The molecule has 0 aromatic heterocycles. The van der Waals surface area contributed by atoms with E-state index in [9.17, 15) is 17.6 Å². The molecule has 2 rings (SSSR count). The van der Waals surface area contributed by atoms with Crippen molar-refractivity contribution in [1.82, 2.24) is 0 Å². The molecule has 0 saturated heterocycles. The first-order chi connectivity index (χ1) is 9.79. The minimum atomic E-state index is -4.03. The number of para-hydroxylation sites is 1. The summed E-state index contributed by atoms with van der Waals surface area (Å²) in [6.07, 6.45) is 0. The van der Waals surface area contributed by atoms with E-state index in [0.29, 0.717) is 6.07 Å². The van der Waals surface area contributed by atoms with E-state index in [0.717, 1.165) is 12.1 Å². The molecule has 0 bridgehead atoms. The second kappa shape index (κ2) is 5.51. The van der Waals surface area contributed by atoms with E-state index in [1.54, 1.807) is 0 Å². The maximum Gasteiger partial charge on any atom is 0.339 e. The Hall–Kier alpha value is -2.45. The molecule has 0 radical (unpaired) electrons. The summed E-state index contributed by atoms with van der Waals surface area (Å²) in [7, 11) is -4.03. The van der Waals surface area contributed by atoms with Gasteiger partial charge in [-0.05, 0) is 30.3 Å². The molecule has 21 heavy (non-hydrogen) atoms. The van der Waals surface area contributed by atoms with Crippen molar-refractivity contribution in [3.05, 3.63) is 53.8 Å². The summed E-state index contributed by atoms with van der Waals surface area (Å²) in [6.45, 7) is 0. The Morgan fingerprint density at radius 3 is 2.38 bits per heavy atom. The molecule has 0 fully saturated rings. The summed E-state index contributed by atoms with van der Waals surface area (Å²) in [6, 6.07) is 8.51. The van der Waals surface area contributed by atoms with Crippen LogP contribution in [-0.4, -0.2) is 19.5 Å². The smallest absolute Gasteiger partial charge is 0.339 e. The van der Waals surface area contributed by atoms with Crippen LogP contribution in [0.25, 0.3) is 0 Å². The topological polar surface area (TPSA) is 107 Å². The van der Waals surface area contributed by atoms with Crippen molar-refractivity contribution in [2.75, 3.05) is 0 Å². The molecule has 0 aliphatic heterocycles. The third-order valence-corrected chi connectivity index (χ3v) is 3.48. The highest BCUT2D eigenvalue weighted by atomic mass is 32.2. The molecule has 6 nitrogen and oxygen atoms in total. The van der Waals surface area contributed by atoms with Crippen LogP contribution >= 0.6 is 0 Å². The third-order valence-electron chi connectivity index (χ3n) is 2.57. The van der Waals surface area contributed by atoms with Gasteiger partial charge in [0.1, 0.15) is 11.3 Å². The number of hydrogen-bond donors (Lipinski definition) is 2. The van der Waals surface area contributed by atoms with Crippen LogP contribution < -0.4 is 9.88 Å². The minimum Gasteiger partial charge on any atom is -0.478 e. The maximum atomic E-state index is 13.8. The van der Waals surface area contributed by atoms with Crippen LogP contribution in [0.2, 0.25) is 0 Å². The van der Waals surface area contributed by atoms with Gasteiger partial charge in [-0.25, -0.2) is 22.7 Å². The van der Waals surface area contributed by atoms with Gasteiger partial charge >= 0.3 is 5.97 Å². The summed E-state index contributed by atoms with van der Waals surface area (Å²) < 4.78 is 41.2. The van der Waals surface area contributed by atoms with Gasteiger partial charge in [-0.15, -0.1) is 0 Å². The van der Waals surface area contributed by atoms with Crippen LogP contribution in [0.1, 0.15) is 10.4 Å². The number of ether oxygens (including phenoxy) is 1. The third kappa shape index (κ3) is 3.36. The fourth-order valence-electron chi connectivity index (χ4n) is 1.59. The fraction of sp³-hybridized carbons (Fsp3) is 0. The highest BCUT2D eigenvalue weighted by Gasteiger charge is 2.15. The summed E-state index contributed by atoms with van der Waals surface area (Å²) in [5.74, 6) is -2.57. The van der Waals surface area contributed by atoms with E-state index in [2.05, 4.69) is 0 Å². The first-order valence-corrected chi connectivity index (χ1v) is 7.16. The molecule has 0 unspecified atom stereocenters. The zero-order chi connectivity index (χ0) is 15.6. The van der Waals surface area contributed by atoms with Crippen molar-refractivity contribution >= 4 is 16.0 Å². The molecule has 3 N–H and O–H groups in total. The van der Waals surface area contributed by atoms with Crippen molar-refractivity contribution in [3.63, 3.8) is 0 Å². The van der Waals surface area contributed by atoms with Gasteiger partial charge in [-0.1, -0.05) is 12.1 Å². The van der Waals surface area contributed by atoms with E-state index < -0.39 is 26.7 Å². The molecular formula is C13H10FNO5S. The Morgan fingerprint density at radius 2 is 1.81 bits per heavy atom. The lowest BCUT2D eigenvalue weighted by atomic mass is 10.2. The molecule has 0 spiro atoms. The molecule has 2 aromatic rings. The van der Waals surface area contributed by atoms with Crippen LogP contribution in [-0.2, 0) is 10.0 Å². The SMILES string of the molecule is NS(=O)(=O)c1ccc(Oc2ccccc2C(=O)O)c(F)c1. The van der Waals surface area contributed by atoms with Gasteiger partial charge in [0.05, 0.1) is 4.90 Å². The van der Waals surface area contributed by atoms with E-state index in [1.165, 1.54) is 24.3 Å². The zero-order valence-corrected chi connectivity index (χ0v) is 11.3. The number of carboxylic acid groups (broad SMARTS) is 1. The van der Waals surface area contributed by atoms with Crippen LogP contribution in [0.5, 0.6) is 11.5 Å². The van der Waals surface area contributed by atoms with E-state index >= 15 is 0 Å². The van der Waals surface area contributed by atoms with E-state index in [-0.39, 0.29) is 17.1 Å². The molecule has 0 atom stereocenters. The first kappa shape index (κ1) is 14.9. The Morgan fingerprint density at radius 1 is 1.14 bits per heavy atom. The second-order valence-electron chi connectivity index (χ2n) is 4.04. The summed E-state index contributed by atoms with van der Waals surface area (Å²) in [4.78, 5) is 10.6. The lowest BCUT2D eigenvalue weighted by Crippen LogP contribution is -2.12. The molecule has 2 aromatic carbocycles. The lowest BCUT2D eigenvalue weighted by molar-refractivity contribution is 0.0694. The molecular weight excluding hydrogens is 301 g/mol. The number of sulfonamides is 1. The number of primary sulfonamides is 1. The van der Waals surface area contributed by atoms with Crippen molar-refractivity contribution in [1.29, 1.82) is 0 Å².